The van der Waals surface area contributed by atoms with Gasteiger partial charge in [-0.05, 0) is 31.8 Å². The number of fused-ring (bicyclic) bond motifs is 1. The Hall–Kier alpha value is -1.43. The maximum absolute atomic E-state index is 9.25. The lowest BCUT2D eigenvalue weighted by Crippen LogP contribution is -2.39. The van der Waals surface area contributed by atoms with E-state index in [1.165, 1.54) is 0 Å². The predicted octanol–water partition coefficient (Wildman–Crippen LogP) is 1.06. The highest BCUT2D eigenvalue weighted by atomic mass is 16.3. The zero-order valence-corrected chi connectivity index (χ0v) is 10.9. The van der Waals surface area contributed by atoms with E-state index in [-0.39, 0.29) is 18.7 Å². The molecular weight excluding hydrogens is 230 g/mol. The van der Waals surface area contributed by atoms with E-state index < -0.39 is 0 Å². The van der Waals surface area contributed by atoms with E-state index in [0.29, 0.717) is 5.89 Å². The number of aliphatic hydroxyl groups excluding tert-OH is 1. The Morgan fingerprint density at radius 3 is 2.78 bits per heavy atom. The molecular formula is C13H19N3O2. The molecule has 0 spiro atoms. The van der Waals surface area contributed by atoms with Crippen LogP contribution < -0.4 is 5.73 Å². The van der Waals surface area contributed by atoms with E-state index in [1.54, 1.807) is 0 Å². The smallest absolute Gasteiger partial charge is 0.192 e. The van der Waals surface area contributed by atoms with E-state index in [4.69, 9.17) is 10.2 Å². The Morgan fingerprint density at radius 1 is 1.44 bits per heavy atom. The number of nitrogens with zero attached hydrogens (tertiary/aromatic N) is 2. The Balaban J connectivity index is 2.43. The Kier molecular flexibility index (Phi) is 3.65. The maximum atomic E-state index is 9.25. The van der Waals surface area contributed by atoms with Gasteiger partial charge in [-0.2, -0.15) is 0 Å². The van der Waals surface area contributed by atoms with Gasteiger partial charge >= 0.3 is 0 Å². The summed E-state index contributed by atoms with van der Waals surface area (Å²) in [5.41, 5.74) is 8.57. The second-order valence-electron chi connectivity index (χ2n) is 4.71. The van der Waals surface area contributed by atoms with Crippen LogP contribution in [0.5, 0.6) is 0 Å². The van der Waals surface area contributed by atoms with Crippen molar-refractivity contribution in [3.63, 3.8) is 0 Å². The molecule has 0 aliphatic carbocycles. The number of rotatable bonds is 4. The highest BCUT2D eigenvalue weighted by Crippen LogP contribution is 2.25. The van der Waals surface area contributed by atoms with Crippen molar-refractivity contribution in [1.82, 2.24) is 9.88 Å². The molecule has 2 rings (SSSR count). The summed E-state index contributed by atoms with van der Waals surface area (Å²) in [5.74, 6) is 0.648. The Morgan fingerprint density at radius 2 is 2.17 bits per heavy atom. The van der Waals surface area contributed by atoms with Crippen LogP contribution >= 0.6 is 0 Å². The van der Waals surface area contributed by atoms with Crippen LogP contribution in [0.15, 0.2) is 22.6 Å². The SMILES string of the molecule is Cc1nc2ccc(C(C(N)CO)N(C)C)cc2o1. The van der Waals surface area contributed by atoms with E-state index >= 15 is 0 Å². The van der Waals surface area contributed by atoms with Gasteiger partial charge in [-0.25, -0.2) is 4.98 Å². The average molecular weight is 249 g/mol. The normalized spacial score (nSPS) is 15.2. The third kappa shape index (κ3) is 2.38. The van der Waals surface area contributed by atoms with Crippen LogP contribution in [0, 0.1) is 6.92 Å². The highest BCUT2D eigenvalue weighted by Gasteiger charge is 2.22. The van der Waals surface area contributed by atoms with Crippen molar-refractivity contribution in [2.75, 3.05) is 20.7 Å². The maximum Gasteiger partial charge on any atom is 0.192 e. The summed E-state index contributed by atoms with van der Waals surface area (Å²) < 4.78 is 5.52. The molecule has 0 saturated heterocycles. The Labute approximate surface area is 106 Å². The summed E-state index contributed by atoms with van der Waals surface area (Å²) in [7, 11) is 3.88. The molecule has 3 N–H and O–H groups in total. The van der Waals surface area contributed by atoms with E-state index in [0.717, 1.165) is 16.7 Å². The molecule has 1 aromatic carbocycles. The van der Waals surface area contributed by atoms with Crippen molar-refractivity contribution in [3.8, 4) is 0 Å². The first-order valence-electron chi connectivity index (χ1n) is 5.93. The molecule has 0 saturated carbocycles. The van der Waals surface area contributed by atoms with Gasteiger partial charge in [-0.1, -0.05) is 6.07 Å². The standard InChI is InChI=1S/C13H19N3O2/c1-8-15-11-5-4-9(6-12(11)18-8)13(16(2)3)10(14)7-17/h4-6,10,13,17H,7,14H2,1-3H3. The third-order valence-electron chi connectivity index (χ3n) is 3.03. The first-order chi connectivity index (χ1) is 8.52. The van der Waals surface area contributed by atoms with Crippen LogP contribution in [-0.4, -0.2) is 41.7 Å². The fourth-order valence-electron chi connectivity index (χ4n) is 2.27. The van der Waals surface area contributed by atoms with Crippen LogP contribution in [-0.2, 0) is 0 Å². The number of benzene rings is 1. The molecule has 0 aliphatic heterocycles. The zero-order valence-electron chi connectivity index (χ0n) is 10.9. The molecule has 0 aliphatic rings. The number of hydrogen-bond acceptors (Lipinski definition) is 5. The number of nitrogens with two attached hydrogens (primary N) is 1. The summed E-state index contributed by atoms with van der Waals surface area (Å²) in [5, 5.41) is 9.25. The fourth-order valence-corrected chi connectivity index (χ4v) is 2.27. The Bertz CT molecular complexity index is 536. The van der Waals surface area contributed by atoms with Gasteiger partial charge in [-0.15, -0.1) is 0 Å². The van der Waals surface area contributed by atoms with Gasteiger partial charge in [0.05, 0.1) is 12.6 Å². The van der Waals surface area contributed by atoms with Gasteiger partial charge in [0.25, 0.3) is 0 Å². The lowest BCUT2D eigenvalue weighted by atomic mass is 9.99. The first kappa shape index (κ1) is 13.0. The number of likely N-dealkylation sites (N-methyl/N-ethyl adjacent to an activating group) is 1. The van der Waals surface area contributed by atoms with Gasteiger partial charge < -0.3 is 20.2 Å². The second-order valence-corrected chi connectivity index (χ2v) is 4.71. The minimum atomic E-state index is -0.332. The van der Waals surface area contributed by atoms with Crippen molar-refractivity contribution in [2.45, 2.75) is 19.0 Å². The van der Waals surface area contributed by atoms with Crippen LogP contribution in [0.1, 0.15) is 17.5 Å². The first-order valence-corrected chi connectivity index (χ1v) is 5.93. The van der Waals surface area contributed by atoms with Gasteiger partial charge in [0, 0.05) is 13.0 Å². The van der Waals surface area contributed by atoms with Crippen LogP contribution in [0.2, 0.25) is 0 Å². The molecule has 2 unspecified atom stereocenters. The molecule has 0 bridgehead atoms. The van der Waals surface area contributed by atoms with Crippen molar-refractivity contribution in [2.24, 2.45) is 5.73 Å². The fraction of sp³-hybridized carbons (Fsp3) is 0.462. The van der Waals surface area contributed by atoms with Crippen LogP contribution in [0.25, 0.3) is 11.1 Å². The topological polar surface area (TPSA) is 75.5 Å². The molecule has 5 nitrogen and oxygen atoms in total. The van der Waals surface area contributed by atoms with Crippen molar-refractivity contribution in [3.05, 3.63) is 29.7 Å². The number of oxazole rings is 1. The summed E-state index contributed by atoms with van der Waals surface area (Å²) in [4.78, 5) is 6.25. The molecule has 1 aromatic heterocycles. The molecule has 0 amide bonds. The van der Waals surface area contributed by atoms with Gasteiger partial charge in [0.15, 0.2) is 11.5 Å². The summed E-state index contributed by atoms with van der Waals surface area (Å²) >= 11 is 0. The minimum absolute atomic E-state index is 0.0511. The van der Waals surface area contributed by atoms with Crippen molar-refractivity contribution in [1.29, 1.82) is 0 Å². The molecule has 1 heterocycles. The van der Waals surface area contributed by atoms with Crippen LogP contribution in [0.4, 0.5) is 0 Å². The summed E-state index contributed by atoms with van der Waals surface area (Å²) in [6.07, 6.45) is 0. The third-order valence-corrected chi connectivity index (χ3v) is 3.03. The summed E-state index contributed by atoms with van der Waals surface area (Å²) in [6.45, 7) is 1.76. The molecule has 2 aromatic rings. The lowest BCUT2D eigenvalue weighted by molar-refractivity contribution is 0.181. The molecule has 0 radical (unpaired) electrons. The monoisotopic (exact) mass is 249 g/mol. The second kappa shape index (κ2) is 5.06. The number of aryl methyl sites for hydroxylation is 1. The van der Waals surface area contributed by atoms with E-state index in [1.807, 2.05) is 44.1 Å². The quantitative estimate of drug-likeness (QED) is 0.847. The van der Waals surface area contributed by atoms with Crippen LogP contribution in [0.3, 0.4) is 0 Å². The molecule has 18 heavy (non-hydrogen) atoms. The number of hydrogen-bond donors (Lipinski definition) is 2. The highest BCUT2D eigenvalue weighted by molar-refractivity contribution is 5.73. The van der Waals surface area contributed by atoms with Gasteiger partial charge in [-0.3, -0.25) is 0 Å². The van der Waals surface area contributed by atoms with E-state index in [2.05, 4.69) is 4.98 Å². The number of aliphatic hydroxyl groups is 1. The largest absolute Gasteiger partial charge is 0.441 e. The average Bonchev–Trinajstić information content (AvgIpc) is 2.68. The predicted molar refractivity (Wildman–Crippen MR) is 70.2 cm³/mol. The van der Waals surface area contributed by atoms with Gasteiger partial charge in [0.2, 0.25) is 0 Å². The molecule has 0 fully saturated rings. The lowest BCUT2D eigenvalue weighted by Gasteiger charge is -2.29. The minimum Gasteiger partial charge on any atom is -0.441 e. The van der Waals surface area contributed by atoms with Gasteiger partial charge in [0.1, 0.15) is 5.52 Å². The van der Waals surface area contributed by atoms with Crippen molar-refractivity contribution < 1.29 is 9.52 Å². The molecule has 5 heteroatoms. The van der Waals surface area contributed by atoms with Crippen molar-refractivity contribution >= 4 is 11.1 Å². The summed E-state index contributed by atoms with van der Waals surface area (Å²) in [6, 6.07) is 5.45. The zero-order chi connectivity index (χ0) is 13.3. The molecule has 2 atom stereocenters. The van der Waals surface area contributed by atoms with E-state index in [9.17, 15) is 5.11 Å². The molecule has 98 valence electrons. The number of aromatic nitrogens is 1.